The molecule has 4 rings (SSSR count). The van der Waals surface area contributed by atoms with E-state index in [0.717, 1.165) is 0 Å². The maximum Gasteiger partial charge on any atom is 0.207 e. The molecule has 0 saturated heterocycles. The Kier molecular flexibility index (Phi) is 5.69. The van der Waals surface area contributed by atoms with Crippen LogP contribution in [0.15, 0.2) is 48.6 Å². The first kappa shape index (κ1) is 18.8. The van der Waals surface area contributed by atoms with Gasteiger partial charge in [-0.1, -0.05) is 36.4 Å². The van der Waals surface area contributed by atoms with E-state index in [1.807, 2.05) is 0 Å². The van der Waals surface area contributed by atoms with Crippen LogP contribution in [-0.2, 0) is 0 Å². The Morgan fingerprint density at radius 3 is 2.37 bits per heavy atom. The maximum atomic E-state index is 10.5. The van der Waals surface area contributed by atoms with Crippen molar-refractivity contribution in [3.05, 3.63) is 59.7 Å². The molecule has 0 spiro atoms. The molecule has 3 N–H and O–H groups in total. The van der Waals surface area contributed by atoms with Crippen molar-refractivity contribution >= 4 is 6.08 Å². The number of hydrogen-bond acceptors (Lipinski definition) is 6. The Morgan fingerprint density at radius 1 is 1.00 bits per heavy atom. The molecule has 0 amide bonds. The second-order valence-electron chi connectivity index (χ2n) is 6.11. The van der Waals surface area contributed by atoms with Crippen LogP contribution in [0, 0.1) is 0 Å². The van der Waals surface area contributed by atoms with Crippen LogP contribution in [0.2, 0.25) is 0 Å². The number of aliphatic hydroxyl groups excluding tert-OH is 2. The molecule has 6 heteroatoms. The van der Waals surface area contributed by atoms with Gasteiger partial charge in [-0.3, -0.25) is 0 Å². The van der Waals surface area contributed by atoms with Gasteiger partial charge in [0.15, 0.2) is 11.5 Å². The molecule has 2 aliphatic rings. The summed E-state index contributed by atoms with van der Waals surface area (Å²) in [7, 11) is 2.89. The van der Waals surface area contributed by atoms with Crippen molar-refractivity contribution in [2.24, 2.45) is 0 Å². The number of phenolic OH excluding ortho intramolecular Hbond substituents is 1. The number of ether oxygens (including phenoxy) is 3. The van der Waals surface area contributed by atoms with E-state index in [-0.39, 0.29) is 23.7 Å². The molecule has 2 heterocycles. The van der Waals surface area contributed by atoms with Gasteiger partial charge in [-0.05, 0) is 23.8 Å². The second kappa shape index (κ2) is 8.16. The van der Waals surface area contributed by atoms with Gasteiger partial charge in [0.1, 0.15) is 5.75 Å². The number of rotatable bonds is 2. The number of aromatic hydroxyl groups is 1. The lowest BCUT2D eigenvalue weighted by atomic mass is 10.0. The van der Waals surface area contributed by atoms with E-state index in [2.05, 4.69) is 0 Å². The lowest BCUT2D eigenvalue weighted by Crippen LogP contribution is -2.09. The van der Waals surface area contributed by atoms with Crippen molar-refractivity contribution in [1.82, 2.24) is 0 Å². The number of allylic oxidation sites excluding steroid dienone is 2. The lowest BCUT2D eigenvalue weighted by molar-refractivity contribution is 0.104. The predicted molar refractivity (Wildman–Crippen MR) is 101 cm³/mol. The van der Waals surface area contributed by atoms with Crippen LogP contribution in [0.1, 0.15) is 23.7 Å². The van der Waals surface area contributed by atoms with Gasteiger partial charge in [0, 0.05) is 12.0 Å². The van der Waals surface area contributed by atoms with Crippen molar-refractivity contribution in [2.45, 2.75) is 18.6 Å². The third-order valence-electron chi connectivity index (χ3n) is 4.29. The topological polar surface area (TPSA) is 88.4 Å². The highest BCUT2D eigenvalue weighted by Gasteiger charge is 2.20. The first-order valence-electron chi connectivity index (χ1n) is 8.50. The molecule has 2 aromatic rings. The fourth-order valence-electron chi connectivity index (χ4n) is 2.92. The Labute approximate surface area is 157 Å². The summed E-state index contributed by atoms with van der Waals surface area (Å²) in [5, 5.41) is 30.8. The zero-order valence-electron chi connectivity index (χ0n) is 15.1. The molecule has 2 aliphatic heterocycles. The summed E-state index contributed by atoms with van der Waals surface area (Å²) in [4.78, 5) is 0. The smallest absolute Gasteiger partial charge is 0.207 e. The van der Waals surface area contributed by atoms with Crippen LogP contribution < -0.4 is 14.2 Å². The summed E-state index contributed by atoms with van der Waals surface area (Å²) in [5.41, 5.74) is 1.25. The molecule has 6 nitrogen and oxygen atoms in total. The van der Waals surface area contributed by atoms with Gasteiger partial charge in [-0.15, -0.1) is 0 Å². The van der Waals surface area contributed by atoms with Crippen LogP contribution in [0.5, 0.6) is 28.7 Å². The molecular weight excluding hydrogens is 348 g/mol. The SMILES string of the molecule is COc1c2cc(c(OC)c1O)Oc1ccc(cc1)[C@@H](O)C[C@H](O)/C=C/C=C/2. The minimum absolute atomic E-state index is 0.156. The van der Waals surface area contributed by atoms with Crippen LogP contribution in [0.25, 0.3) is 6.08 Å². The molecule has 0 radical (unpaired) electrons. The standard InChI is InChI=1S/C21H22O6/c1-25-20-14-5-3-4-6-15(22)12-17(23)13-7-9-16(10-8-13)27-18(11-14)21(26-2)19(20)24/h3-11,15,17,22-24H,12H2,1-2H3/b5-3+,6-4+/t15-,17+/m1/s1. The Bertz CT molecular complexity index is 854. The minimum Gasteiger partial charge on any atom is -0.502 e. The van der Waals surface area contributed by atoms with Gasteiger partial charge in [-0.2, -0.15) is 0 Å². The Hall–Kier alpha value is -2.96. The van der Waals surface area contributed by atoms with Crippen molar-refractivity contribution < 1.29 is 29.5 Å². The van der Waals surface area contributed by atoms with E-state index in [0.29, 0.717) is 22.6 Å². The third-order valence-corrected chi connectivity index (χ3v) is 4.29. The summed E-state index contributed by atoms with van der Waals surface area (Å²) in [6, 6.07) is 8.56. The number of hydrogen-bond donors (Lipinski definition) is 3. The van der Waals surface area contributed by atoms with Gasteiger partial charge in [0.25, 0.3) is 0 Å². The van der Waals surface area contributed by atoms with E-state index >= 15 is 0 Å². The molecule has 142 valence electrons. The van der Waals surface area contributed by atoms with Crippen molar-refractivity contribution in [3.8, 4) is 28.7 Å². The van der Waals surface area contributed by atoms with E-state index in [9.17, 15) is 15.3 Å². The summed E-state index contributed by atoms with van der Waals surface area (Å²) in [6.07, 6.45) is 5.25. The average molecular weight is 370 g/mol. The fourth-order valence-corrected chi connectivity index (χ4v) is 2.92. The van der Waals surface area contributed by atoms with Gasteiger partial charge in [0.2, 0.25) is 11.5 Å². The highest BCUT2D eigenvalue weighted by molar-refractivity contribution is 5.71. The molecule has 4 bridgehead atoms. The molecule has 27 heavy (non-hydrogen) atoms. The number of phenols is 1. The Morgan fingerprint density at radius 2 is 1.70 bits per heavy atom. The fraction of sp³-hybridized carbons (Fsp3) is 0.238. The van der Waals surface area contributed by atoms with Gasteiger partial charge in [-0.25, -0.2) is 0 Å². The molecular formula is C21H22O6. The molecule has 2 atom stereocenters. The average Bonchev–Trinajstić information content (AvgIpc) is 2.66. The monoisotopic (exact) mass is 370 g/mol. The zero-order chi connectivity index (χ0) is 19.4. The maximum absolute atomic E-state index is 10.5. The van der Waals surface area contributed by atoms with Crippen LogP contribution in [0.3, 0.4) is 0 Å². The van der Waals surface area contributed by atoms with Crippen LogP contribution in [0.4, 0.5) is 0 Å². The van der Waals surface area contributed by atoms with E-state index in [4.69, 9.17) is 14.2 Å². The van der Waals surface area contributed by atoms with E-state index in [1.54, 1.807) is 54.6 Å². The molecule has 0 saturated carbocycles. The van der Waals surface area contributed by atoms with Crippen molar-refractivity contribution in [1.29, 1.82) is 0 Å². The first-order chi connectivity index (χ1) is 13.0. The highest BCUT2D eigenvalue weighted by Crippen LogP contribution is 2.47. The number of fused-ring (bicyclic) bond motifs is 6. The summed E-state index contributed by atoms with van der Waals surface area (Å²) in [5.74, 6) is 1.07. The molecule has 0 unspecified atom stereocenters. The number of benzene rings is 2. The zero-order valence-corrected chi connectivity index (χ0v) is 15.1. The number of aliphatic hydroxyl groups is 2. The lowest BCUT2D eigenvalue weighted by Gasteiger charge is -2.17. The Balaban J connectivity index is 2.14. The van der Waals surface area contributed by atoms with Crippen LogP contribution in [-0.4, -0.2) is 35.6 Å². The van der Waals surface area contributed by atoms with E-state index < -0.39 is 12.2 Å². The third kappa shape index (κ3) is 4.07. The normalized spacial score (nSPS) is 21.5. The van der Waals surface area contributed by atoms with E-state index in [1.165, 1.54) is 14.2 Å². The van der Waals surface area contributed by atoms with Crippen LogP contribution >= 0.6 is 0 Å². The summed E-state index contributed by atoms with van der Waals surface area (Å²) >= 11 is 0. The summed E-state index contributed by atoms with van der Waals surface area (Å²) in [6.45, 7) is 0. The molecule has 0 aliphatic carbocycles. The minimum atomic E-state index is -0.799. The highest BCUT2D eigenvalue weighted by atomic mass is 16.5. The summed E-state index contributed by atoms with van der Waals surface area (Å²) < 4.78 is 16.5. The molecule has 2 aromatic carbocycles. The van der Waals surface area contributed by atoms with Gasteiger partial charge < -0.3 is 29.5 Å². The molecule has 0 fully saturated rings. The largest absolute Gasteiger partial charge is 0.502 e. The number of methoxy groups -OCH3 is 2. The van der Waals surface area contributed by atoms with Crippen molar-refractivity contribution in [2.75, 3.05) is 14.2 Å². The van der Waals surface area contributed by atoms with Gasteiger partial charge >= 0.3 is 0 Å². The molecule has 0 aromatic heterocycles. The first-order valence-corrected chi connectivity index (χ1v) is 8.50. The quantitative estimate of drug-likeness (QED) is 0.749. The predicted octanol–water partition coefficient (Wildman–Crippen LogP) is 3.57. The van der Waals surface area contributed by atoms with Crippen molar-refractivity contribution in [3.63, 3.8) is 0 Å². The second-order valence-corrected chi connectivity index (χ2v) is 6.11. The van der Waals surface area contributed by atoms with Gasteiger partial charge in [0.05, 0.1) is 26.4 Å².